The maximum absolute atomic E-state index is 2.51. The van der Waals surface area contributed by atoms with Gasteiger partial charge in [-0.3, -0.25) is 0 Å². The van der Waals surface area contributed by atoms with Crippen LogP contribution in [0.2, 0.25) is 0 Å². The lowest BCUT2D eigenvalue weighted by molar-refractivity contribution is -0.597. The summed E-state index contributed by atoms with van der Waals surface area (Å²) in [6.07, 6.45) is 5.35. The van der Waals surface area contributed by atoms with Crippen LogP contribution in [0.4, 0.5) is 0 Å². The Kier molecular flexibility index (Phi) is 4.21. The molecule has 3 aliphatic rings. The number of allylic oxidation sites excluding steroid dienone is 1. The maximum Gasteiger partial charge on any atom is 0.287 e. The molecular formula is C38H28N2+2. The molecule has 6 aromatic rings. The van der Waals surface area contributed by atoms with Crippen LogP contribution in [0.15, 0.2) is 122 Å². The fourth-order valence-electron chi connectivity index (χ4n) is 7.62. The van der Waals surface area contributed by atoms with Gasteiger partial charge < -0.3 is 0 Å². The van der Waals surface area contributed by atoms with Crippen molar-refractivity contribution in [1.29, 1.82) is 0 Å². The first-order chi connectivity index (χ1) is 19.6. The molecule has 1 aliphatic carbocycles. The summed E-state index contributed by atoms with van der Waals surface area (Å²) < 4.78 is 4.83. The van der Waals surface area contributed by atoms with E-state index in [0.717, 1.165) is 6.42 Å². The number of nitrogens with zero attached hydrogens (tertiary/aromatic N) is 2. The fraction of sp³-hybridized carbons (Fsp3) is 0.105. The quantitative estimate of drug-likeness (QED) is 0.183. The molecule has 4 aromatic carbocycles. The first kappa shape index (κ1) is 22.0. The molecule has 0 amide bonds. The Labute approximate surface area is 234 Å². The van der Waals surface area contributed by atoms with E-state index < -0.39 is 0 Å². The van der Waals surface area contributed by atoms with Crippen LogP contribution in [0.5, 0.6) is 0 Å². The summed E-state index contributed by atoms with van der Waals surface area (Å²) in [7, 11) is 0. The third kappa shape index (κ3) is 2.73. The lowest BCUT2D eigenvalue weighted by Crippen LogP contribution is -2.43. The van der Waals surface area contributed by atoms with E-state index in [0.29, 0.717) is 0 Å². The van der Waals surface area contributed by atoms with Crippen molar-refractivity contribution >= 4 is 22.2 Å². The largest absolute Gasteiger partial charge is 0.287 e. The monoisotopic (exact) mass is 512 g/mol. The molecule has 0 saturated heterocycles. The van der Waals surface area contributed by atoms with Crippen molar-refractivity contribution in [2.75, 3.05) is 0 Å². The van der Waals surface area contributed by atoms with E-state index >= 15 is 0 Å². The molecule has 0 spiro atoms. The first-order valence-corrected chi connectivity index (χ1v) is 14.2. The van der Waals surface area contributed by atoms with Crippen LogP contribution in [0.25, 0.3) is 55.8 Å². The Morgan fingerprint density at radius 1 is 0.575 bits per heavy atom. The second-order valence-corrected chi connectivity index (χ2v) is 11.8. The predicted octanol–water partition coefficient (Wildman–Crippen LogP) is 7.80. The molecular weight excluding hydrogens is 484 g/mol. The molecule has 2 heteroatoms. The SMILES string of the molecule is CC1(C)c2cc3c(cc2-c2ccc4ccccc4c21)-c1cccc[n+]1/C3=C1\Cc2ccccc2-c2cccc[n+]21. The van der Waals surface area contributed by atoms with Gasteiger partial charge in [0.05, 0.1) is 23.1 Å². The van der Waals surface area contributed by atoms with E-state index in [1.807, 2.05) is 0 Å². The zero-order chi connectivity index (χ0) is 26.6. The third-order valence-electron chi connectivity index (χ3n) is 9.38. The zero-order valence-electron chi connectivity index (χ0n) is 22.6. The summed E-state index contributed by atoms with van der Waals surface area (Å²) >= 11 is 0. The minimum Gasteiger partial charge on any atom is -0.158 e. The predicted molar refractivity (Wildman–Crippen MR) is 161 cm³/mol. The number of rotatable bonds is 0. The topological polar surface area (TPSA) is 7.76 Å². The van der Waals surface area contributed by atoms with Gasteiger partial charge >= 0.3 is 0 Å². The molecule has 0 atom stereocenters. The van der Waals surface area contributed by atoms with Crippen molar-refractivity contribution in [3.8, 4) is 33.6 Å². The van der Waals surface area contributed by atoms with Gasteiger partial charge in [-0.25, -0.2) is 0 Å². The van der Waals surface area contributed by atoms with E-state index in [1.165, 1.54) is 78.1 Å². The molecule has 40 heavy (non-hydrogen) atoms. The lowest BCUT2D eigenvalue weighted by Gasteiger charge is -2.23. The Morgan fingerprint density at radius 2 is 1.30 bits per heavy atom. The molecule has 0 saturated carbocycles. The number of hydrogen-bond acceptors (Lipinski definition) is 0. The second-order valence-electron chi connectivity index (χ2n) is 11.8. The van der Waals surface area contributed by atoms with Crippen LogP contribution in [0, 0.1) is 0 Å². The number of pyridine rings is 2. The normalized spacial score (nSPS) is 17.1. The molecule has 9 rings (SSSR count). The molecule has 0 radical (unpaired) electrons. The van der Waals surface area contributed by atoms with Gasteiger partial charge in [-0.2, -0.15) is 9.13 Å². The van der Waals surface area contributed by atoms with Crippen molar-refractivity contribution in [2.45, 2.75) is 25.7 Å². The third-order valence-corrected chi connectivity index (χ3v) is 9.38. The minimum absolute atomic E-state index is 0.0972. The van der Waals surface area contributed by atoms with Gasteiger partial charge in [0, 0.05) is 29.7 Å². The highest BCUT2D eigenvalue weighted by molar-refractivity contribution is 6.00. The maximum atomic E-state index is 2.51. The van der Waals surface area contributed by atoms with E-state index in [1.54, 1.807) is 0 Å². The van der Waals surface area contributed by atoms with Gasteiger partial charge in [-0.1, -0.05) is 68.4 Å². The van der Waals surface area contributed by atoms with Gasteiger partial charge in [0.25, 0.3) is 11.4 Å². The molecule has 2 aliphatic heterocycles. The van der Waals surface area contributed by atoms with E-state index in [2.05, 4.69) is 145 Å². The molecule has 0 fully saturated rings. The van der Waals surface area contributed by atoms with Crippen LogP contribution in [-0.4, -0.2) is 0 Å². The fourth-order valence-corrected chi connectivity index (χ4v) is 7.62. The second kappa shape index (κ2) is 7.64. The first-order valence-electron chi connectivity index (χ1n) is 14.2. The smallest absolute Gasteiger partial charge is 0.158 e. The standard InChI is InChI=1S/C38H28N2/c1-38(2)32-23-31-30(22-29(32)28-18-17-24-11-3-6-14-27(24)36(28)38)34-16-8-10-20-40(34)37(31)35-21-25-12-4-5-13-26(25)33-15-7-9-19-39(33)35/h3-20,22-23H,21H2,1-2H3/q+2/b37-35+. The van der Waals surface area contributed by atoms with Gasteiger partial charge in [0.2, 0.25) is 11.4 Å². The lowest BCUT2D eigenvalue weighted by atomic mass is 9.79. The molecule has 2 nitrogen and oxygen atoms in total. The van der Waals surface area contributed by atoms with Crippen LogP contribution >= 0.6 is 0 Å². The van der Waals surface area contributed by atoms with Crippen LogP contribution in [0.3, 0.4) is 0 Å². The van der Waals surface area contributed by atoms with Crippen molar-refractivity contribution in [3.63, 3.8) is 0 Å². The summed E-state index contributed by atoms with van der Waals surface area (Å²) in [5.74, 6) is 0. The molecule has 2 aromatic heterocycles. The highest BCUT2D eigenvalue weighted by atomic mass is 15.1. The van der Waals surface area contributed by atoms with Gasteiger partial charge in [-0.15, -0.1) is 0 Å². The summed E-state index contributed by atoms with van der Waals surface area (Å²) in [6.45, 7) is 4.80. The summed E-state index contributed by atoms with van der Waals surface area (Å²) in [5.41, 5.74) is 16.0. The van der Waals surface area contributed by atoms with E-state index in [9.17, 15) is 0 Å². The Bertz CT molecular complexity index is 2110. The van der Waals surface area contributed by atoms with Crippen molar-refractivity contribution in [3.05, 3.63) is 144 Å². The number of aromatic nitrogens is 2. The van der Waals surface area contributed by atoms with Gasteiger partial charge in [0.1, 0.15) is 0 Å². The average molecular weight is 513 g/mol. The Hall–Kier alpha value is -4.82. The van der Waals surface area contributed by atoms with Crippen molar-refractivity contribution in [2.24, 2.45) is 0 Å². The van der Waals surface area contributed by atoms with Gasteiger partial charge in [-0.05, 0) is 68.9 Å². The minimum atomic E-state index is -0.0972. The van der Waals surface area contributed by atoms with Gasteiger partial charge in [0.15, 0.2) is 12.4 Å². The molecule has 0 bridgehead atoms. The zero-order valence-corrected chi connectivity index (χ0v) is 22.6. The van der Waals surface area contributed by atoms with Crippen molar-refractivity contribution < 1.29 is 9.13 Å². The Morgan fingerprint density at radius 3 is 2.17 bits per heavy atom. The number of fused-ring (bicyclic) bond motifs is 11. The molecule has 0 N–H and O–H groups in total. The summed E-state index contributed by atoms with van der Waals surface area (Å²) in [5, 5.41) is 2.68. The molecule has 188 valence electrons. The summed E-state index contributed by atoms with van der Waals surface area (Å²) in [6, 6.07) is 40.5. The van der Waals surface area contributed by atoms with Crippen LogP contribution in [-0.2, 0) is 11.8 Å². The highest BCUT2D eigenvalue weighted by Gasteiger charge is 2.45. The summed E-state index contributed by atoms with van der Waals surface area (Å²) in [4.78, 5) is 0. The Balaban J connectivity index is 1.37. The highest BCUT2D eigenvalue weighted by Crippen LogP contribution is 2.54. The number of hydrogen-bond donors (Lipinski definition) is 0. The molecule has 4 heterocycles. The molecule has 0 unspecified atom stereocenters. The van der Waals surface area contributed by atoms with Crippen LogP contribution < -0.4 is 9.13 Å². The number of benzene rings is 4. The average Bonchev–Trinajstić information content (AvgIpc) is 3.44. The van der Waals surface area contributed by atoms with Crippen LogP contribution in [0.1, 0.15) is 36.1 Å². The van der Waals surface area contributed by atoms with E-state index in [-0.39, 0.29) is 5.41 Å². The van der Waals surface area contributed by atoms with Crippen molar-refractivity contribution in [1.82, 2.24) is 0 Å². The van der Waals surface area contributed by atoms with E-state index in [4.69, 9.17) is 0 Å².